The lowest BCUT2D eigenvalue weighted by Gasteiger charge is -2.09. The van der Waals surface area contributed by atoms with E-state index in [1.54, 1.807) is 18.2 Å². The number of terminal acetylenes is 1. The number of rotatable bonds is 3. The number of carbonyl (C=O) groups excluding carboxylic acids is 1. The van der Waals surface area contributed by atoms with Gasteiger partial charge in [0.1, 0.15) is 12.1 Å². The monoisotopic (exact) mass is 303 g/mol. The van der Waals surface area contributed by atoms with E-state index < -0.39 is 5.97 Å². The van der Waals surface area contributed by atoms with E-state index in [0.29, 0.717) is 16.9 Å². The molecule has 0 radical (unpaired) electrons. The standard InChI is InChI=1S/C18H13N3O2/c1-3-12-5-4-6-14(9-12)21-17-15-8-7-13(18(22)23-2)10-16(15)19-11-20-17/h1,4-11H,2H3,(H,19,20,21). The molecular weight excluding hydrogens is 290 g/mol. The molecular formula is C18H13N3O2. The van der Waals surface area contributed by atoms with Gasteiger partial charge in [-0.15, -0.1) is 6.42 Å². The Balaban J connectivity index is 2.01. The molecule has 0 aliphatic carbocycles. The van der Waals surface area contributed by atoms with Crippen LogP contribution in [0.1, 0.15) is 15.9 Å². The number of hydrogen-bond acceptors (Lipinski definition) is 5. The Morgan fingerprint density at radius 3 is 2.87 bits per heavy atom. The lowest BCUT2D eigenvalue weighted by atomic mass is 10.1. The predicted molar refractivity (Wildman–Crippen MR) is 88.5 cm³/mol. The van der Waals surface area contributed by atoms with Gasteiger partial charge in [-0.2, -0.15) is 0 Å². The molecule has 0 aliphatic heterocycles. The minimum Gasteiger partial charge on any atom is -0.465 e. The maximum atomic E-state index is 11.6. The topological polar surface area (TPSA) is 64.1 Å². The third kappa shape index (κ3) is 2.97. The molecule has 23 heavy (non-hydrogen) atoms. The van der Waals surface area contributed by atoms with E-state index in [1.807, 2.05) is 24.3 Å². The molecule has 0 bridgehead atoms. The summed E-state index contributed by atoms with van der Waals surface area (Å²) in [6.45, 7) is 0. The first kappa shape index (κ1) is 14.5. The van der Waals surface area contributed by atoms with Crippen LogP contribution < -0.4 is 5.32 Å². The second kappa shape index (κ2) is 6.16. The maximum absolute atomic E-state index is 11.6. The van der Waals surface area contributed by atoms with Gasteiger partial charge in [0.05, 0.1) is 18.2 Å². The molecule has 0 atom stereocenters. The smallest absolute Gasteiger partial charge is 0.337 e. The maximum Gasteiger partial charge on any atom is 0.337 e. The molecule has 2 aromatic carbocycles. The fraction of sp³-hybridized carbons (Fsp3) is 0.0556. The molecule has 0 fully saturated rings. The molecule has 1 N–H and O–H groups in total. The van der Waals surface area contributed by atoms with Gasteiger partial charge in [-0.3, -0.25) is 0 Å². The van der Waals surface area contributed by atoms with E-state index in [-0.39, 0.29) is 0 Å². The number of esters is 1. The van der Waals surface area contributed by atoms with Gasteiger partial charge in [0.15, 0.2) is 0 Å². The predicted octanol–water partition coefficient (Wildman–Crippen LogP) is 3.14. The Kier molecular flexibility index (Phi) is 3.89. The van der Waals surface area contributed by atoms with E-state index in [1.165, 1.54) is 13.4 Å². The van der Waals surface area contributed by atoms with Crippen LogP contribution in [0.25, 0.3) is 10.9 Å². The molecule has 1 aromatic heterocycles. The first-order valence-electron chi connectivity index (χ1n) is 6.88. The highest BCUT2D eigenvalue weighted by molar-refractivity contribution is 5.97. The van der Waals surface area contributed by atoms with Gasteiger partial charge in [-0.05, 0) is 36.4 Å². The van der Waals surface area contributed by atoms with Gasteiger partial charge >= 0.3 is 5.97 Å². The van der Waals surface area contributed by atoms with E-state index in [9.17, 15) is 4.79 Å². The van der Waals surface area contributed by atoms with Crippen LogP contribution in [0, 0.1) is 12.3 Å². The molecule has 0 spiro atoms. The third-order valence-electron chi connectivity index (χ3n) is 3.35. The van der Waals surface area contributed by atoms with Crippen molar-refractivity contribution in [2.75, 3.05) is 12.4 Å². The molecule has 5 nitrogen and oxygen atoms in total. The minimum atomic E-state index is -0.401. The summed E-state index contributed by atoms with van der Waals surface area (Å²) >= 11 is 0. The van der Waals surface area contributed by atoms with Crippen molar-refractivity contribution in [3.8, 4) is 12.3 Å². The van der Waals surface area contributed by atoms with Gasteiger partial charge in [0, 0.05) is 16.6 Å². The lowest BCUT2D eigenvalue weighted by Crippen LogP contribution is -2.02. The molecule has 0 aliphatic rings. The van der Waals surface area contributed by atoms with Crippen molar-refractivity contribution in [2.24, 2.45) is 0 Å². The number of nitrogens with zero attached hydrogens (tertiary/aromatic N) is 2. The molecule has 3 rings (SSSR count). The number of hydrogen-bond donors (Lipinski definition) is 1. The molecule has 0 amide bonds. The van der Waals surface area contributed by atoms with Crippen molar-refractivity contribution in [1.82, 2.24) is 9.97 Å². The van der Waals surface area contributed by atoms with Crippen molar-refractivity contribution in [2.45, 2.75) is 0 Å². The van der Waals surface area contributed by atoms with Crippen molar-refractivity contribution >= 4 is 28.4 Å². The van der Waals surface area contributed by atoms with Crippen molar-refractivity contribution in [3.63, 3.8) is 0 Å². The van der Waals surface area contributed by atoms with Gasteiger partial charge in [-0.25, -0.2) is 14.8 Å². The fourth-order valence-electron chi connectivity index (χ4n) is 2.22. The number of anilines is 2. The summed E-state index contributed by atoms with van der Waals surface area (Å²) in [7, 11) is 1.35. The highest BCUT2D eigenvalue weighted by Gasteiger charge is 2.09. The molecule has 1 heterocycles. The average molecular weight is 303 g/mol. The van der Waals surface area contributed by atoms with Crippen LogP contribution in [0.5, 0.6) is 0 Å². The SMILES string of the molecule is C#Cc1cccc(Nc2ncnc3cc(C(=O)OC)ccc23)c1. The molecule has 0 saturated heterocycles. The molecule has 112 valence electrons. The van der Waals surface area contributed by atoms with E-state index in [4.69, 9.17) is 11.2 Å². The van der Waals surface area contributed by atoms with Crippen LogP contribution in [-0.4, -0.2) is 23.0 Å². The summed E-state index contributed by atoms with van der Waals surface area (Å²) in [5.74, 6) is 2.83. The van der Waals surface area contributed by atoms with Crippen LogP contribution in [0.2, 0.25) is 0 Å². The number of benzene rings is 2. The van der Waals surface area contributed by atoms with Crippen molar-refractivity contribution in [3.05, 3.63) is 59.9 Å². The first-order chi connectivity index (χ1) is 11.2. The summed E-state index contributed by atoms with van der Waals surface area (Å²) < 4.78 is 4.72. The number of nitrogens with one attached hydrogen (secondary N) is 1. The number of ether oxygens (including phenoxy) is 1. The second-order valence-corrected chi connectivity index (χ2v) is 4.80. The Labute approximate surface area is 133 Å². The Bertz CT molecular complexity index is 929. The number of aromatic nitrogens is 2. The summed E-state index contributed by atoms with van der Waals surface area (Å²) in [4.78, 5) is 20.1. The zero-order valence-electron chi connectivity index (χ0n) is 12.4. The number of fused-ring (bicyclic) bond motifs is 1. The molecule has 0 unspecified atom stereocenters. The molecule has 0 saturated carbocycles. The fourth-order valence-corrected chi connectivity index (χ4v) is 2.22. The molecule has 3 aromatic rings. The van der Waals surface area contributed by atoms with Gasteiger partial charge < -0.3 is 10.1 Å². The zero-order chi connectivity index (χ0) is 16.2. The Morgan fingerprint density at radius 2 is 2.09 bits per heavy atom. The number of carbonyl (C=O) groups is 1. The summed E-state index contributed by atoms with van der Waals surface area (Å²) in [6, 6.07) is 12.6. The van der Waals surface area contributed by atoms with Crippen LogP contribution >= 0.6 is 0 Å². The molecule has 5 heteroatoms. The lowest BCUT2D eigenvalue weighted by molar-refractivity contribution is 0.0601. The second-order valence-electron chi connectivity index (χ2n) is 4.80. The van der Waals surface area contributed by atoms with Crippen LogP contribution in [0.4, 0.5) is 11.5 Å². The summed E-state index contributed by atoms with van der Waals surface area (Å²) in [6.07, 6.45) is 6.85. The third-order valence-corrected chi connectivity index (χ3v) is 3.35. The van der Waals surface area contributed by atoms with Crippen molar-refractivity contribution < 1.29 is 9.53 Å². The van der Waals surface area contributed by atoms with Crippen LogP contribution in [0.15, 0.2) is 48.8 Å². The van der Waals surface area contributed by atoms with E-state index in [0.717, 1.165) is 16.6 Å². The van der Waals surface area contributed by atoms with E-state index in [2.05, 4.69) is 21.2 Å². The zero-order valence-corrected chi connectivity index (χ0v) is 12.4. The number of methoxy groups -OCH3 is 1. The highest BCUT2D eigenvalue weighted by atomic mass is 16.5. The first-order valence-corrected chi connectivity index (χ1v) is 6.88. The Morgan fingerprint density at radius 1 is 1.22 bits per heavy atom. The largest absolute Gasteiger partial charge is 0.465 e. The average Bonchev–Trinajstić information content (AvgIpc) is 2.61. The van der Waals surface area contributed by atoms with Gasteiger partial charge in [0.25, 0.3) is 0 Å². The highest BCUT2D eigenvalue weighted by Crippen LogP contribution is 2.24. The van der Waals surface area contributed by atoms with Crippen LogP contribution in [0.3, 0.4) is 0 Å². The quantitative estimate of drug-likeness (QED) is 0.595. The Hall–Kier alpha value is -3.39. The minimum absolute atomic E-state index is 0.401. The summed E-state index contributed by atoms with van der Waals surface area (Å²) in [5, 5.41) is 4.02. The van der Waals surface area contributed by atoms with Gasteiger partial charge in [-0.1, -0.05) is 12.0 Å². The van der Waals surface area contributed by atoms with Crippen molar-refractivity contribution in [1.29, 1.82) is 0 Å². The van der Waals surface area contributed by atoms with Gasteiger partial charge in [0.2, 0.25) is 0 Å². The normalized spacial score (nSPS) is 10.1. The van der Waals surface area contributed by atoms with E-state index >= 15 is 0 Å². The van der Waals surface area contributed by atoms with Crippen LogP contribution in [-0.2, 0) is 4.74 Å². The summed E-state index contributed by atoms with van der Waals surface area (Å²) in [5.41, 5.74) is 2.70.